The average Bonchev–Trinajstić information content (AvgIpc) is 2.75. The summed E-state index contributed by atoms with van der Waals surface area (Å²) in [5.41, 5.74) is 0.0405. The zero-order valence-electron chi connectivity index (χ0n) is 12.3. The van der Waals surface area contributed by atoms with Gasteiger partial charge in [0.15, 0.2) is 0 Å². The Balaban J connectivity index is 0. The molecule has 1 rings (SSSR count). The lowest BCUT2D eigenvalue weighted by Gasteiger charge is -2.07. The maximum Gasteiger partial charge on any atom is 0.306 e. The van der Waals surface area contributed by atoms with Gasteiger partial charge < -0.3 is 9.80 Å². The number of likely N-dealkylation sites (N-methyl/N-ethyl adjacent to an activating group) is 1. The molecule has 0 atom stereocenters. The van der Waals surface area contributed by atoms with E-state index in [2.05, 4.69) is 5.10 Å². The van der Waals surface area contributed by atoms with Gasteiger partial charge in [-0.05, 0) is 28.2 Å². The molecule has 118 valence electrons. The maximum atomic E-state index is 10.3. The summed E-state index contributed by atoms with van der Waals surface area (Å²) in [4.78, 5) is 13.9. The van der Waals surface area contributed by atoms with Gasteiger partial charge >= 0.3 is 5.69 Å². The lowest BCUT2D eigenvalue weighted by atomic mass is 10.5. The third-order valence-corrected chi connectivity index (χ3v) is 2.31. The topological polar surface area (TPSA) is 67.4 Å². The van der Waals surface area contributed by atoms with Gasteiger partial charge in [0.1, 0.15) is 12.4 Å². The van der Waals surface area contributed by atoms with Crippen molar-refractivity contribution in [3.8, 4) is 0 Å². The van der Waals surface area contributed by atoms with Crippen LogP contribution in [0.1, 0.15) is 0 Å². The third kappa shape index (κ3) is 11.0. The van der Waals surface area contributed by atoms with E-state index in [1.165, 1.54) is 12.4 Å². The van der Waals surface area contributed by atoms with Gasteiger partial charge in [-0.25, -0.2) is 0 Å². The first-order chi connectivity index (χ1) is 8.86. The van der Waals surface area contributed by atoms with E-state index in [9.17, 15) is 10.1 Å². The minimum Gasteiger partial charge on any atom is -0.308 e. The van der Waals surface area contributed by atoms with Crippen LogP contribution >= 0.6 is 24.0 Å². The fourth-order valence-corrected chi connectivity index (χ4v) is 1.38. The summed E-state index contributed by atoms with van der Waals surface area (Å²) in [6, 6.07) is 0. The number of alkyl halides is 1. The van der Waals surface area contributed by atoms with E-state index in [1.54, 1.807) is 4.68 Å². The Bertz CT molecular complexity index is 371. The van der Waals surface area contributed by atoms with Crippen LogP contribution in [0.3, 0.4) is 0 Å². The first-order valence-electron chi connectivity index (χ1n) is 5.89. The number of halogens is 2. The van der Waals surface area contributed by atoms with E-state index < -0.39 is 4.92 Å². The second kappa shape index (κ2) is 11.9. The highest BCUT2D eigenvalue weighted by atomic mass is 35.5. The molecule has 1 heterocycles. The van der Waals surface area contributed by atoms with E-state index in [0.717, 1.165) is 19.0 Å². The zero-order valence-corrected chi connectivity index (χ0v) is 13.9. The molecule has 7 nitrogen and oxygen atoms in total. The van der Waals surface area contributed by atoms with Crippen LogP contribution in [0.25, 0.3) is 0 Å². The van der Waals surface area contributed by atoms with Crippen LogP contribution in [0.15, 0.2) is 12.4 Å². The van der Waals surface area contributed by atoms with Crippen molar-refractivity contribution in [2.75, 3.05) is 47.2 Å². The van der Waals surface area contributed by atoms with E-state index >= 15 is 0 Å². The molecule has 0 aliphatic rings. The summed E-state index contributed by atoms with van der Waals surface area (Å²) < 4.78 is 1.57. The molecule has 0 aliphatic heterocycles. The average molecular weight is 328 g/mol. The van der Waals surface area contributed by atoms with Gasteiger partial charge in [0.25, 0.3) is 0 Å². The summed E-state index contributed by atoms with van der Waals surface area (Å²) in [6.07, 6.45) is 2.69. The molecule has 0 bridgehead atoms. The minimum atomic E-state index is -0.445. The van der Waals surface area contributed by atoms with E-state index in [-0.39, 0.29) is 18.1 Å². The van der Waals surface area contributed by atoms with Crippen molar-refractivity contribution in [3.63, 3.8) is 0 Å². The smallest absolute Gasteiger partial charge is 0.306 e. The van der Waals surface area contributed by atoms with Gasteiger partial charge in [-0.1, -0.05) is 0 Å². The Morgan fingerprint density at radius 3 is 2.15 bits per heavy atom. The SMILES string of the molecule is CN(C)CCCl.CN(C)CCn1cc([N+](=O)[O-])cn1.Cl. The fraction of sp³-hybridized carbons (Fsp3) is 0.727. The van der Waals surface area contributed by atoms with Crippen LogP contribution in [0.5, 0.6) is 0 Å². The second-order valence-electron chi connectivity index (χ2n) is 4.51. The molecule has 0 aliphatic carbocycles. The van der Waals surface area contributed by atoms with Gasteiger partial charge in [-0.3, -0.25) is 14.8 Å². The van der Waals surface area contributed by atoms with Gasteiger partial charge in [0, 0.05) is 19.0 Å². The molecule has 0 saturated carbocycles. The Morgan fingerprint density at radius 1 is 1.30 bits per heavy atom. The second-order valence-corrected chi connectivity index (χ2v) is 4.89. The zero-order chi connectivity index (χ0) is 14.8. The first-order valence-corrected chi connectivity index (χ1v) is 6.42. The lowest BCUT2D eigenvalue weighted by molar-refractivity contribution is -0.385. The van der Waals surface area contributed by atoms with Crippen LogP contribution in [-0.2, 0) is 6.54 Å². The molecule has 20 heavy (non-hydrogen) atoms. The Kier molecular flexibility index (Phi) is 12.7. The number of hydrogen-bond acceptors (Lipinski definition) is 5. The summed E-state index contributed by atoms with van der Waals surface area (Å²) in [5.74, 6) is 0.729. The minimum absolute atomic E-state index is 0. The van der Waals surface area contributed by atoms with Crippen molar-refractivity contribution in [2.24, 2.45) is 0 Å². The van der Waals surface area contributed by atoms with Crippen molar-refractivity contribution in [1.29, 1.82) is 0 Å². The van der Waals surface area contributed by atoms with E-state index in [1.807, 2.05) is 38.0 Å². The predicted molar refractivity (Wildman–Crippen MR) is 84.0 cm³/mol. The Morgan fingerprint density at radius 2 is 1.85 bits per heavy atom. The summed E-state index contributed by atoms with van der Waals surface area (Å²) in [5, 5.41) is 14.2. The largest absolute Gasteiger partial charge is 0.308 e. The number of hydrogen-bond donors (Lipinski definition) is 0. The van der Waals surface area contributed by atoms with Crippen LogP contribution in [0, 0.1) is 10.1 Å². The van der Waals surface area contributed by atoms with Crippen LogP contribution in [-0.4, -0.2) is 71.7 Å². The molecule has 0 aromatic carbocycles. The molecule has 1 aromatic rings. The molecule has 0 saturated heterocycles. The maximum absolute atomic E-state index is 10.3. The van der Waals surface area contributed by atoms with Crippen molar-refractivity contribution in [2.45, 2.75) is 6.54 Å². The van der Waals surface area contributed by atoms with E-state index in [0.29, 0.717) is 6.54 Å². The number of rotatable bonds is 6. The lowest BCUT2D eigenvalue weighted by Crippen LogP contribution is -2.18. The normalized spacial score (nSPS) is 9.95. The molecule has 0 unspecified atom stereocenters. The Hall–Kier alpha value is -0.890. The molecule has 0 radical (unpaired) electrons. The van der Waals surface area contributed by atoms with Gasteiger partial charge in [0.05, 0.1) is 11.5 Å². The van der Waals surface area contributed by atoms with Crippen LogP contribution in [0.4, 0.5) is 5.69 Å². The molecule has 0 fully saturated rings. The highest BCUT2D eigenvalue weighted by Gasteiger charge is 2.07. The molecular weight excluding hydrogens is 305 g/mol. The van der Waals surface area contributed by atoms with Crippen LogP contribution in [0.2, 0.25) is 0 Å². The standard InChI is InChI=1S/C7H12N4O2.C4H10ClN.ClH/c1-9(2)3-4-10-6-7(5-8-10)11(12)13;1-6(2)4-3-5;/h5-6H,3-4H2,1-2H3;3-4H2,1-2H3;1H. The van der Waals surface area contributed by atoms with Crippen LogP contribution < -0.4 is 0 Å². The number of nitrogens with zero attached hydrogens (tertiary/aromatic N) is 5. The number of aromatic nitrogens is 2. The first kappa shape index (κ1) is 21.4. The highest BCUT2D eigenvalue weighted by Crippen LogP contribution is 2.07. The highest BCUT2D eigenvalue weighted by molar-refractivity contribution is 6.18. The Labute approximate surface area is 131 Å². The summed E-state index contributed by atoms with van der Waals surface area (Å²) in [7, 11) is 7.89. The van der Waals surface area contributed by atoms with Gasteiger partial charge in [0.2, 0.25) is 0 Å². The van der Waals surface area contributed by atoms with Crippen molar-refractivity contribution < 1.29 is 4.92 Å². The van der Waals surface area contributed by atoms with Crippen molar-refractivity contribution >= 4 is 29.7 Å². The molecule has 0 amide bonds. The third-order valence-electron chi connectivity index (χ3n) is 2.14. The summed E-state index contributed by atoms with van der Waals surface area (Å²) in [6.45, 7) is 2.46. The molecular formula is C11H23Cl2N5O2. The molecule has 9 heteroatoms. The molecule has 0 N–H and O–H groups in total. The van der Waals surface area contributed by atoms with Crippen molar-refractivity contribution in [3.05, 3.63) is 22.5 Å². The molecule has 1 aromatic heterocycles. The van der Waals surface area contributed by atoms with E-state index in [4.69, 9.17) is 11.6 Å². The molecule has 0 spiro atoms. The quantitative estimate of drug-likeness (QED) is 0.450. The van der Waals surface area contributed by atoms with Gasteiger partial charge in [-0.2, -0.15) is 5.10 Å². The van der Waals surface area contributed by atoms with Gasteiger partial charge in [-0.15, -0.1) is 24.0 Å². The summed E-state index contributed by atoms with van der Waals surface area (Å²) >= 11 is 5.35. The predicted octanol–water partition coefficient (Wildman–Crippen LogP) is 1.56. The monoisotopic (exact) mass is 327 g/mol. The fourth-order valence-electron chi connectivity index (χ4n) is 1.04. The number of nitro groups is 1. The van der Waals surface area contributed by atoms with Crippen molar-refractivity contribution in [1.82, 2.24) is 19.6 Å².